The second-order valence-corrected chi connectivity index (χ2v) is 8.04. The van der Waals surface area contributed by atoms with E-state index in [1.54, 1.807) is 14.2 Å². The minimum atomic E-state index is 0.172. The maximum absolute atomic E-state index is 6.31. The van der Waals surface area contributed by atoms with E-state index in [4.69, 9.17) is 44.9 Å². The molecule has 3 atom stereocenters. The van der Waals surface area contributed by atoms with Crippen molar-refractivity contribution >= 4 is 40.4 Å². The Kier molecular flexibility index (Phi) is 4.76. The van der Waals surface area contributed by atoms with Gasteiger partial charge in [-0.2, -0.15) is 0 Å². The number of thiocarbonyl (C=S) groups is 1. The molecule has 0 spiro atoms. The molecule has 2 aromatic carbocycles. The average molecular weight is 408 g/mol. The highest BCUT2D eigenvalue weighted by Gasteiger charge is 2.44. The highest BCUT2D eigenvalue weighted by atomic mass is 35.5. The van der Waals surface area contributed by atoms with Gasteiger partial charge in [-0.3, -0.25) is 0 Å². The maximum atomic E-state index is 6.31. The molecule has 136 valence electrons. The van der Waals surface area contributed by atoms with Crippen molar-refractivity contribution in [3.05, 3.63) is 57.1 Å². The predicted octanol–water partition coefficient (Wildman–Crippen LogP) is 5.52. The minimum absolute atomic E-state index is 0.172. The Hall–Kier alpha value is -1.49. The fraction of sp³-hybridized carbons (Fsp3) is 0.350. The summed E-state index contributed by atoms with van der Waals surface area (Å²) in [4.78, 5) is 0.918. The van der Waals surface area contributed by atoms with Crippen molar-refractivity contribution in [3.63, 3.8) is 0 Å². The van der Waals surface area contributed by atoms with E-state index in [1.807, 2.05) is 12.1 Å². The fourth-order valence-corrected chi connectivity index (χ4v) is 4.85. The van der Waals surface area contributed by atoms with Crippen LogP contribution in [0.2, 0.25) is 10.0 Å². The van der Waals surface area contributed by atoms with Crippen LogP contribution in [0.4, 0.5) is 0 Å². The van der Waals surface area contributed by atoms with Crippen molar-refractivity contribution < 1.29 is 9.47 Å². The average Bonchev–Trinajstić information content (AvgIpc) is 2.95. The lowest BCUT2D eigenvalue weighted by Gasteiger charge is -2.32. The van der Waals surface area contributed by atoms with Crippen LogP contribution in [0.5, 0.6) is 11.5 Å². The molecule has 1 heterocycles. The summed E-state index contributed by atoms with van der Waals surface area (Å²) in [6.45, 7) is 0. The third kappa shape index (κ3) is 2.84. The smallest absolute Gasteiger partial charge is 0.161 e. The van der Waals surface area contributed by atoms with Gasteiger partial charge < -0.3 is 14.8 Å². The van der Waals surface area contributed by atoms with Crippen molar-refractivity contribution in [2.75, 3.05) is 14.2 Å². The Morgan fingerprint density at radius 2 is 1.69 bits per heavy atom. The molecule has 1 saturated heterocycles. The van der Waals surface area contributed by atoms with Crippen LogP contribution in [0, 0.1) is 5.92 Å². The zero-order valence-electron chi connectivity index (χ0n) is 14.5. The lowest BCUT2D eigenvalue weighted by molar-refractivity contribution is 0.352. The molecule has 0 saturated carbocycles. The Morgan fingerprint density at radius 1 is 1.00 bits per heavy atom. The summed E-state index contributed by atoms with van der Waals surface area (Å²) in [5.74, 6) is 2.07. The number of hydrogen-bond donors (Lipinski definition) is 1. The molecule has 0 aromatic heterocycles. The van der Waals surface area contributed by atoms with Crippen molar-refractivity contribution in [2.24, 2.45) is 5.92 Å². The summed E-state index contributed by atoms with van der Waals surface area (Å²) in [6.07, 6.45) is 1.93. The molecule has 1 N–H and O–H groups in total. The van der Waals surface area contributed by atoms with Gasteiger partial charge in [0.15, 0.2) is 11.5 Å². The van der Waals surface area contributed by atoms with Gasteiger partial charge in [-0.25, -0.2) is 0 Å². The molecule has 1 fully saturated rings. The molecule has 2 aliphatic rings. The SMILES string of the molecule is COc1cc2c(cc1OC)C(c1ccc(Cl)c(Cl)c1)C1CCC(=S)NC21. The number of methoxy groups -OCH3 is 2. The Labute approximate surface area is 168 Å². The summed E-state index contributed by atoms with van der Waals surface area (Å²) in [5.41, 5.74) is 3.61. The van der Waals surface area contributed by atoms with E-state index in [9.17, 15) is 0 Å². The monoisotopic (exact) mass is 407 g/mol. The second-order valence-electron chi connectivity index (χ2n) is 6.74. The molecule has 0 radical (unpaired) electrons. The van der Waals surface area contributed by atoms with E-state index in [-0.39, 0.29) is 12.0 Å². The molecule has 0 amide bonds. The molecular formula is C20H19Cl2NO2S. The zero-order valence-corrected chi connectivity index (χ0v) is 16.8. The van der Waals surface area contributed by atoms with Crippen LogP contribution in [0.1, 0.15) is 41.5 Å². The van der Waals surface area contributed by atoms with Crippen molar-refractivity contribution in [3.8, 4) is 11.5 Å². The van der Waals surface area contributed by atoms with Crippen LogP contribution >= 0.6 is 35.4 Å². The summed E-state index contributed by atoms with van der Waals surface area (Å²) < 4.78 is 11.1. The van der Waals surface area contributed by atoms with E-state index in [0.717, 1.165) is 34.9 Å². The summed E-state index contributed by atoms with van der Waals surface area (Å²) >= 11 is 17.9. The van der Waals surface area contributed by atoms with Gasteiger partial charge >= 0.3 is 0 Å². The third-order valence-electron chi connectivity index (χ3n) is 5.44. The largest absolute Gasteiger partial charge is 0.493 e. The Balaban J connectivity index is 1.89. The van der Waals surface area contributed by atoms with E-state index in [1.165, 1.54) is 11.1 Å². The van der Waals surface area contributed by atoms with Gasteiger partial charge in [-0.1, -0.05) is 41.5 Å². The van der Waals surface area contributed by atoms with Crippen molar-refractivity contribution in [1.82, 2.24) is 5.32 Å². The molecule has 1 aliphatic heterocycles. The van der Waals surface area contributed by atoms with Crippen molar-refractivity contribution in [2.45, 2.75) is 24.8 Å². The normalized spacial score (nSPS) is 23.8. The van der Waals surface area contributed by atoms with Gasteiger partial charge in [0.25, 0.3) is 0 Å². The molecule has 2 aromatic rings. The standard InChI is InChI=1S/C20H19Cl2NO2S/c1-24-16-8-12-13(9-17(16)25-2)20-11(4-6-18(26)23-20)19(12)10-3-5-14(21)15(22)7-10/h3,5,7-9,11,19-20H,4,6H2,1-2H3,(H,23,26). The summed E-state index contributed by atoms with van der Waals surface area (Å²) in [6, 6.07) is 10.2. The molecular weight excluding hydrogens is 389 g/mol. The van der Waals surface area contributed by atoms with Crippen molar-refractivity contribution in [1.29, 1.82) is 0 Å². The second kappa shape index (κ2) is 6.91. The number of ether oxygens (including phenoxy) is 2. The molecule has 1 aliphatic carbocycles. The lowest BCUT2D eigenvalue weighted by Crippen LogP contribution is -2.36. The van der Waals surface area contributed by atoms with Crippen LogP contribution < -0.4 is 14.8 Å². The van der Waals surface area contributed by atoms with E-state index in [2.05, 4.69) is 23.5 Å². The number of benzene rings is 2. The number of piperidine rings is 1. The van der Waals surface area contributed by atoms with Gasteiger partial charge in [0.2, 0.25) is 0 Å². The van der Waals surface area contributed by atoms with Gasteiger partial charge in [0.1, 0.15) is 0 Å². The zero-order chi connectivity index (χ0) is 18.4. The number of halogens is 2. The topological polar surface area (TPSA) is 30.5 Å². The van der Waals surface area contributed by atoms with E-state index in [0.29, 0.717) is 16.0 Å². The third-order valence-corrected chi connectivity index (χ3v) is 6.50. The first-order chi connectivity index (χ1) is 12.5. The first-order valence-corrected chi connectivity index (χ1v) is 9.70. The van der Waals surface area contributed by atoms with Crippen LogP contribution in [0.3, 0.4) is 0 Å². The van der Waals surface area contributed by atoms with Crippen LogP contribution in [0.15, 0.2) is 30.3 Å². The van der Waals surface area contributed by atoms with Crippen LogP contribution in [0.25, 0.3) is 0 Å². The fourth-order valence-electron chi connectivity index (χ4n) is 4.30. The number of hydrogen-bond acceptors (Lipinski definition) is 3. The summed E-state index contributed by atoms with van der Waals surface area (Å²) in [5, 5.41) is 4.67. The van der Waals surface area contributed by atoms with Crippen LogP contribution in [-0.2, 0) is 0 Å². The van der Waals surface area contributed by atoms with E-state index >= 15 is 0 Å². The van der Waals surface area contributed by atoms with Gasteiger partial charge in [-0.15, -0.1) is 0 Å². The van der Waals surface area contributed by atoms with Crippen LogP contribution in [-0.4, -0.2) is 19.2 Å². The highest BCUT2D eigenvalue weighted by Crippen LogP contribution is 2.54. The molecule has 4 rings (SSSR count). The quantitative estimate of drug-likeness (QED) is 0.677. The molecule has 0 bridgehead atoms. The van der Waals surface area contributed by atoms with Gasteiger partial charge in [-0.05, 0) is 59.7 Å². The first kappa shape index (κ1) is 17.9. The van der Waals surface area contributed by atoms with Gasteiger partial charge in [0, 0.05) is 5.92 Å². The number of rotatable bonds is 3. The first-order valence-electron chi connectivity index (χ1n) is 8.53. The Bertz CT molecular complexity index is 886. The lowest BCUT2D eigenvalue weighted by atomic mass is 9.80. The minimum Gasteiger partial charge on any atom is -0.493 e. The number of fused-ring (bicyclic) bond motifs is 3. The molecule has 3 nitrogen and oxygen atoms in total. The van der Waals surface area contributed by atoms with E-state index < -0.39 is 0 Å². The molecule has 6 heteroatoms. The summed E-state index contributed by atoms with van der Waals surface area (Å²) in [7, 11) is 3.32. The molecule has 26 heavy (non-hydrogen) atoms. The Morgan fingerprint density at radius 3 is 2.35 bits per heavy atom. The predicted molar refractivity (Wildman–Crippen MR) is 109 cm³/mol. The maximum Gasteiger partial charge on any atom is 0.161 e. The highest BCUT2D eigenvalue weighted by molar-refractivity contribution is 7.80. The molecule has 3 unspecified atom stereocenters. The van der Waals surface area contributed by atoms with Gasteiger partial charge in [0.05, 0.1) is 35.3 Å². The number of nitrogens with one attached hydrogen (secondary N) is 1.